The van der Waals surface area contributed by atoms with Crippen molar-refractivity contribution in [3.63, 3.8) is 0 Å². The maximum Gasteiger partial charge on any atom is 0.220 e. The lowest BCUT2D eigenvalue weighted by molar-refractivity contribution is -0.398. The SMILES string of the molecule is CC1OOC2OC(O1)c1cccc3cccc2c13. The molecule has 2 heterocycles. The highest BCUT2D eigenvalue weighted by Crippen LogP contribution is 2.43. The van der Waals surface area contributed by atoms with Crippen LogP contribution in [0.25, 0.3) is 10.8 Å². The first-order valence-corrected chi connectivity index (χ1v) is 5.97. The first kappa shape index (κ1) is 10.5. The molecule has 0 saturated carbocycles. The summed E-state index contributed by atoms with van der Waals surface area (Å²) in [6.07, 6.45) is -1.42. The standard InChI is InChI=1S/C14H12O4/c1-8-15-13-10-6-2-4-9-5-3-7-11(12(9)10)14(16-13)18-17-8/h2-8,13-14H,1H3. The van der Waals surface area contributed by atoms with E-state index in [-0.39, 0.29) is 0 Å². The molecule has 0 spiro atoms. The highest BCUT2D eigenvalue weighted by Gasteiger charge is 2.35. The van der Waals surface area contributed by atoms with Gasteiger partial charge in [-0.2, -0.15) is 4.89 Å². The van der Waals surface area contributed by atoms with Gasteiger partial charge in [0.2, 0.25) is 6.29 Å². The highest BCUT2D eigenvalue weighted by molar-refractivity contribution is 5.89. The van der Waals surface area contributed by atoms with Gasteiger partial charge >= 0.3 is 0 Å². The summed E-state index contributed by atoms with van der Waals surface area (Å²) < 4.78 is 11.4. The zero-order chi connectivity index (χ0) is 12.1. The molecule has 1 fully saturated rings. The average molecular weight is 244 g/mol. The molecule has 18 heavy (non-hydrogen) atoms. The summed E-state index contributed by atoms with van der Waals surface area (Å²) in [6, 6.07) is 12.2. The topological polar surface area (TPSA) is 36.9 Å². The van der Waals surface area contributed by atoms with Crippen molar-refractivity contribution in [2.45, 2.75) is 25.8 Å². The Morgan fingerprint density at radius 1 is 0.833 bits per heavy atom. The monoisotopic (exact) mass is 244 g/mol. The Labute approximate surface area is 104 Å². The van der Waals surface area contributed by atoms with Crippen molar-refractivity contribution in [1.82, 2.24) is 0 Å². The van der Waals surface area contributed by atoms with Crippen molar-refractivity contribution in [2.75, 3.05) is 0 Å². The number of hydrogen-bond donors (Lipinski definition) is 0. The fourth-order valence-corrected chi connectivity index (χ4v) is 2.56. The van der Waals surface area contributed by atoms with E-state index in [0.717, 1.165) is 21.9 Å². The minimum absolute atomic E-state index is 0.439. The van der Waals surface area contributed by atoms with Crippen molar-refractivity contribution in [1.29, 1.82) is 0 Å². The van der Waals surface area contributed by atoms with Crippen LogP contribution in [0.1, 0.15) is 30.6 Å². The summed E-state index contributed by atoms with van der Waals surface area (Å²) in [5.41, 5.74) is 2.01. The van der Waals surface area contributed by atoms with Crippen LogP contribution in [0.3, 0.4) is 0 Å². The lowest BCUT2D eigenvalue weighted by Gasteiger charge is -2.27. The summed E-state index contributed by atoms with van der Waals surface area (Å²) in [6.45, 7) is 1.79. The Bertz CT molecular complexity index is 605. The summed E-state index contributed by atoms with van der Waals surface area (Å²) in [4.78, 5) is 10.4. The van der Waals surface area contributed by atoms with E-state index < -0.39 is 18.9 Å². The van der Waals surface area contributed by atoms with Gasteiger partial charge in [0.25, 0.3) is 0 Å². The van der Waals surface area contributed by atoms with E-state index in [1.54, 1.807) is 6.92 Å². The number of benzene rings is 2. The molecule has 2 aliphatic rings. The third-order valence-electron chi connectivity index (χ3n) is 3.32. The van der Waals surface area contributed by atoms with Crippen LogP contribution in [-0.4, -0.2) is 6.29 Å². The predicted molar refractivity (Wildman–Crippen MR) is 63.2 cm³/mol. The van der Waals surface area contributed by atoms with Gasteiger partial charge in [-0.15, -0.1) is 0 Å². The second kappa shape index (κ2) is 3.76. The van der Waals surface area contributed by atoms with Crippen molar-refractivity contribution >= 4 is 10.8 Å². The maximum atomic E-state index is 5.76. The Kier molecular flexibility index (Phi) is 2.19. The van der Waals surface area contributed by atoms with Crippen molar-refractivity contribution in [3.8, 4) is 0 Å². The zero-order valence-electron chi connectivity index (χ0n) is 9.83. The van der Waals surface area contributed by atoms with E-state index in [1.165, 1.54) is 0 Å². The highest BCUT2D eigenvalue weighted by atomic mass is 17.3. The van der Waals surface area contributed by atoms with Crippen molar-refractivity contribution in [3.05, 3.63) is 47.5 Å². The van der Waals surface area contributed by atoms with Crippen LogP contribution in [0.15, 0.2) is 36.4 Å². The number of hydrogen-bond acceptors (Lipinski definition) is 4. The molecular weight excluding hydrogens is 232 g/mol. The second-order valence-electron chi connectivity index (χ2n) is 4.49. The molecule has 0 radical (unpaired) electrons. The average Bonchev–Trinajstić information content (AvgIpc) is 2.56. The van der Waals surface area contributed by atoms with E-state index in [1.807, 2.05) is 24.3 Å². The quantitative estimate of drug-likeness (QED) is 0.667. The minimum Gasteiger partial charge on any atom is -0.317 e. The fraction of sp³-hybridized carbons (Fsp3) is 0.286. The largest absolute Gasteiger partial charge is 0.317 e. The maximum absolute atomic E-state index is 5.76. The molecule has 3 atom stereocenters. The van der Waals surface area contributed by atoms with Gasteiger partial charge in [-0.3, -0.25) is 0 Å². The lowest BCUT2D eigenvalue weighted by Crippen LogP contribution is -2.18. The number of ether oxygens (including phenoxy) is 2. The smallest absolute Gasteiger partial charge is 0.220 e. The summed E-state index contributed by atoms with van der Waals surface area (Å²) in [5, 5.41) is 2.30. The molecule has 2 aliphatic heterocycles. The fourth-order valence-electron chi connectivity index (χ4n) is 2.56. The Hall–Kier alpha value is -1.46. The molecule has 4 heteroatoms. The van der Waals surface area contributed by atoms with Crippen LogP contribution in [-0.2, 0) is 19.2 Å². The first-order chi connectivity index (χ1) is 8.83. The number of rotatable bonds is 0. The molecule has 1 saturated heterocycles. The van der Waals surface area contributed by atoms with Crippen LogP contribution in [0.2, 0.25) is 0 Å². The molecule has 0 amide bonds. The second-order valence-corrected chi connectivity index (χ2v) is 4.49. The molecular formula is C14H12O4. The molecule has 4 rings (SSSR count). The van der Waals surface area contributed by atoms with Gasteiger partial charge in [0.15, 0.2) is 12.6 Å². The Balaban J connectivity index is 2.02. The normalized spacial score (nSPS) is 30.2. The molecule has 3 unspecified atom stereocenters. The van der Waals surface area contributed by atoms with Crippen LogP contribution >= 0.6 is 0 Å². The third-order valence-corrected chi connectivity index (χ3v) is 3.32. The van der Waals surface area contributed by atoms with E-state index >= 15 is 0 Å². The van der Waals surface area contributed by atoms with E-state index in [2.05, 4.69) is 12.1 Å². The van der Waals surface area contributed by atoms with Crippen molar-refractivity contribution in [2.24, 2.45) is 0 Å². The van der Waals surface area contributed by atoms with E-state index in [4.69, 9.17) is 19.2 Å². The third kappa shape index (κ3) is 1.41. The molecule has 0 N–H and O–H groups in total. The van der Waals surface area contributed by atoms with Crippen LogP contribution in [0.5, 0.6) is 0 Å². The summed E-state index contributed by atoms with van der Waals surface area (Å²) in [7, 11) is 0. The van der Waals surface area contributed by atoms with Crippen molar-refractivity contribution < 1.29 is 19.2 Å². The van der Waals surface area contributed by atoms with Gasteiger partial charge in [-0.05, 0) is 17.7 Å². The van der Waals surface area contributed by atoms with Crippen LogP contribution < -0.4 is 0 Å². The molecule has 92 valence electrons. The molecule has 0 aliphatic carbocycles. The molecule has 4 nitrogen and oxygen atoms in total. The molecule has 2 aromatic carbocycles. The van der Waals surface area contributed by atoms with Gasteiger partial charge in [-0.25, -0.2) is 4.89 Å². The lowest BCUT2D eigenvalue weighted by atomic mass is 9.96. The summed E-state index contributed by atoms with van der Waals surface area (Å²) >= 11 is 0. The molecule has 2 aromatic rings. The Morgan fingerprint density at radius 3 is 2.33 bits per heavy atom. The van der Waals surface area contributed by atoms with E-state index in [9.17, 15) is 0 Å². The van der Waals surface area contributed by atoms with Crippen LogP contribution in [0, 0.1) is 0 Å². The predicted octanol–water partition coefficient (Wildman–Crippen LogP) is 3.19. The minimum atomic E-state index is -0.529. The van der Waals surface area contributed by atoms with Gasteiger partial charge in [0.05, 0.1) is 0 Å². The first-order valence-electron chi connectivity index (χ1n) is 5.97. The van der Waals surface area contributed by atoms with Crippen LogP contribution in [0.4, 0.5) is 0 Å². The van der Waals surface area contributed by atoms with Gasteiger partial charge in [0, 0.05) is 11.1 Å². The molecule has 0 aromatic heterocycles. The Morgan fingerprint density at radius 2 is 1.56 bits per heavy atom. The van der Waals surface area contributed by atoms with E-state index in [0.29, 0.717) is 0 Å². The summed E-state index contributed by atoms with van der Waals surface area (Å²) in [5.74, 6) is 0. The molecule has 2 bridgehead atoms. The van der Waals surface area contributed by atoms with Gasteiger partial charge in [0.1, 0.15) is 0 Å². The van der Waals surface area contributed by atoms with Gasteiger partial charge < -0.3 is 9.47 Å². The number of fused-ring (bicyclic) bond motifs is 4. The zero-order valence-corrected chi connectivity index (χ0v) is 9.83. The van der Waals surface area contributed by atoms with Gasteiger partial charge in [-0.1, -0.05) is 36.4 Å².